The van der Waals surface area contributed by atoms with Gasteiger partial charge in [-0.1, -0.05) is 23.2 Å². The minimum absolute atomic E-state index is 0.389. The first kappa shape index (κ1) is 9.53. The molecule has 1 nitrogen and oxygen atoms in total. The summed E-state index contributed by atoms with van der Waals surface area (Å²) >= 11 is 18.9. The normalized spacial score (nSPS) is 11.0. The first-order valence-corrected chi connectivity index (χ1v) is 5.62. The second-order valence-electron chi connectivity index (χ2n) is 2.47. The average Bonchev–Trinajstić information content (AvgIpc) is 2.43. The number of aromatic nitrogens is 1. The molecule has 2 rings (SSSR count). The molecule has 0 saturated heterocycles. The minimum atomic E-state index is 0.389. The molecule has 0 N–H and O–H groups in total. The summed E-state index contributed by atoms with van der Waals surface area (Å²) in [6, 6.07) is 3.81. The maximum Gasteiger partial charge on any atom is 0.114 e. The number of halogens is 3. The van der Waals surface area contributed by atoms with Crippen molar-refractivity contribution in [1.82, 2.24) is 4.98 Å². The van der Waals surface area contributed by atoms with Crippen LogP contribution in [0.2, 0.25) is 9.36 Å². The predicted molar refractivity (Wildman–Crippen MR) is 59.2 cm³/mol. The summed E-state index contributed by atoms with van der Waals surface area (Å²) in [5, 5.41) is 0.522. The number of hydrogen-bond acceptors (Lipinski definition) is 2. The van der Waals surface area contributed by atoms with Crippen molar-refractivity contribution >= 4 is 56.4 Å². The molecule has 68 valence electrons. The third-order valence-corrected chi connectivity index (χ3v) is 3.84. The molecule has 0 aliphatic carbocycles. The van der Waals surface area contributed by atoms with E-state index >= 15 is 0 Å². The Morgan fingerprint density at radius 1 is 1.31 bits per heavy atom. The van der Waals surface area contributed by atoms with Gasteiger partial charge in [0.25, 0.3) is 0 Å². The molecule has 0 atom stereocenters. The Hall–Kier alpha value is -0.0200. The second kappa shape index (κ2) is 3.62. The van der Waals surface area contributed by atoms with E-state index in [1.165, 1.54) is 11.3 Å². The Bertz CT molecular complexity index is 452. The van der Waals surface area contributed by atoms with Gasteiger partial charge in [-0.2, -0.15) is 0 Å². The van der Waals surface area contributed by atoms with Gasteiger partial charge in [0.05, 0.1) is 21.3 Å². The van der Waals surface area contributed by atoms with Gasteiger partial charge in [-0.15, -0.1) is 22.9 Å². The lowest BCUT2D eigenvalue weighted by atomic mass is 10.3. The van der Waals surface area contributed by atoms with Crippen molar-refractivity contribution in [3.05, 3.63) is 27.2 Å². The molecule has 0 aromatic carbocycles. The Labute approximate surface area is 94.2 Å². The maximum absolute atomic E-state index is 5.94. The van der Waals surface area contributed by atoms with Crippen LogP contribution < -0.4 is 0 Å². The fraction of sp³-hybridized carbons (Fsp3) is 0.125. The number of rotatable bonds is 1. The molecule has 2 aromatic heterocycles. The molecule has 2 aromatic rings. The molecule has 0 aliphatic heterocycles. The summed E-state index contributed by atoms with van der Waals surface area (Å²) in [5.41, 5.74) is 1.56. The fourth-order valence-corrected chi connectivity index (χ4v) is 2.60. The van der Waals surface area contributed by atoms with Crippen LogP contribution in [0, 0.1) is 0 Å². The SMILES string of the molecule is ClCc1ccc2sc(Cl)c(Cl)c2n1. The van der Waals surface area contributed by atoms with Gasteiger partial charge >= 0.3 is 0 Å². The Balaban J connectivity index is 2.75. The third-order valence-electron chi connectivity index (χ3n) is 1.63. The van der Waals surface area contributed by atoms with Crippen molar-refractivity contribution in [2.45, 2.75) is 5.88 Å². The van der Waals surface area contributed by atoms with Crippen LogP contribution in [0.15, 0.2) is 12.1 Å². The topological polar surface area (TPSA) is 12.9 Å². The van der Waals surface area contributed by atoms with E-state index in [0.717, 1.165) is 15.9 Å². The Kier molecular flexibility index (Phi) is 2.65. The quantitative estimate of drug-likeness (QED) is 0.688. The van der Waals surface area contributed by atoms with Crippen molar-refractivity contribution in [2.75, 3.05) is 0 Å². The molecule has 0 bridgehead atoms. The molecule has 0 amide bonds. The first-order chi connectivity index (χ1) is 6.22. The summed E-state index contributed by atoms with van der Waals surface area (Å²) < 4.78 is 1.57. The number of hydrogen-bond donors (Lipinski definition) is 0. The summed E-state index contributed by atoms with van der Waals surface area (Å²) in [4.78, 5) is 4.28. The molecule has 0 saturated carbocycles. The summed E-state index contributed by atoms with van der Waals surface area (Å²) in [5.74, 6) is 0.389. The summed E-state index contributed by atoms with van der Waals surface area (Å²) in [6.07, 6.45) is 0. The molecule has 0 fully saturated rings. The number of nitrogens with zero attached hydrogens (tertiary/aromatic N) is 1. The van der Waals surface area contributed by atoms with Crippen LogP contribution >= 0.6 is 46.1 Å². The van der Waals surface area contributed by atoms with Gasteiger partial charge in [0, 0.05) is 0 Å². The van der Waals surface area contributed by atoms with E-state index in [-0.39, 0.29) is 0 Å². The highest BCUT2D eigenvalue weighted by atomic mass is 35.5. The second-order valence-corrected chi connectivity index (χ2v) is 4.77. The summed E-state index contributed by atoms with van der Waals surface area (Å²) in [6.45, 7) is 0. The van der Waals surface area contributed by atoms with Crippen LogP contribution in [0.3, 0.4) is 0 Å². The zero-order valence-corrected chi connectivity index (χ0v) is 9.44. The predicted octanol–water partition coefficient (Wildman–Crippen LogP) is 4.34. The standard InChI is InChI=1S/C8H4Cl3NS/c9-3-4-1-2-5-7(12-4)6(10)8(11)13-5/h1-2H,3H2. The van der Waals surface area contributed by atoms with E-state index in [1.54, 1.807) is 0 Å². The minimum Gasteiger partial charge on any atom is -0.249 e. The van der Waals surface area contributed by atoms with E-state index in [1.807, 2.05) is 12.1 Å². The van der Waals surface area contributed by atoms with Crippen LogP contribution in [0.25, 0.3) is 10.2 Å². The number of alkyl halides is 1. The van der Waals surface area contributed by atoms with Crippen molar-refractivity contribution in [2.24, 2.45) is 0 Å². The first-order valence-electron chi connectivity index (χ1n) is 3.51. The lowest BCUT2D eigenvalue weighted by molar-refractivity contribution is 1.22. The van der Waals surface area contributed by atoms with Crippen molar-refractivity contribution in [3.8, 4) is 0 Å². The fourth-order valence-electron chi connectivity index (χ4n) is 1.04. The monoisotopic (exact) mass is 251 g/mol. The van der Waals surface area contributed by atoms with E-state index < -0.39 is 0 Å². The highest BCUT2D eigenvalue weighted by Crippen LogP contribution is 2.37. The van der Waals surface area contributed by atoms with Gasteiger partial charge in [0.2, 0.25) is 0 Å². The molecule has 0 radical (unpaired) electrons. The van der Waals surface area contributed by atoms with E-state index in [2.05, 4.69) is 4.98 Å². The number of thiophene rings is 1. The average molecular weight is 253 g/mol. The van der Waals surface area contributed by atoms with E-state index in [0.29, 0.717) is 15.2 Å². The Morgan fingerprint density at radius 2 is 2.08 bits per heavy atom. The molecule has 0 unspecified atom stereocenters. The van der Waals surface area contributed by atoms with Crippen molar-refractivity contribution < 1.29 is 0 Å². The largest absolute Gasteiger partial charge is 0.249 e. The van der Waals surface area contributed by atoms with E-state index in [9.17, 15) is 0 Å². The molecule has 5 heteroatoms. The van der Waals surface area contributed by atoms with Crippen LogP contribution in [-0.2, 0) is 5.88 Å². The van der Waals surface area contributed by atoms with Gasteiger partial charge in [0.15, 0.2) is 0 Å². The van der Waals surface area contributed by atoms with Gasteiger partial charge in [-0.05, 0) is 12.1 Å². The van der Waals surface area contributed by atoms with Crippen LogP contribution in [0.5, 0.6) is 0 Å². The van der Waals surface area contributed by atoms with E-state index in [4.69, 9.17) is 34.8 Å². The highest BCUT2D eigenvalue weighted by molar-refractivity contribution is 7.23. The molecular formula is C8H4Cl3NS. The smallest absolute Gasteiger partial charge is 0.114 e. The molecular weight excluding hydrogens is 249 g/mol. The zero-order valence-electron chi connectivity index (χ0n) is 6.35. The number of pyridine rings is 1. The summed E-state index contributed by atoms with van der Waals surface area (Å²) in [7, 11) is 0. The van der Waals surface area contributed by atoms with Crippen LogP contribution in [0.4, 0.5) is 0 Å². The van der Waals surface area contributed by atoms with Crippen molar-refractivity contribution in [3.63, 3.8) is 0 Å². The van der Waals surface area contributed by atoms with Gasteiger partial charge < -0.3 is 0 Å². The van der Waals surface area contributed by atoms with Crippen molar-refractivity contribution in [1.29, 1.82) is 0 Å². The molecule has 13 heavy (non-hydrogen) atoms. The lowest BCUT2D eigenvalue weighted by Gasteiger charge is -1.93. The zero-order chi connectivity index (χ0) is 9.42. The Morgan fingerprint density at radius 3 is 2.77 bits per heavy atom. The van der Waals surface area contributed by atoms with Crippen LogP contribution in [0.1, 0.15) is 5.69 Å². The maximum atomic E-state index is 5.94. The van der Waals surface area contributed by atoms with Gasteiger partial charge in [-0.3, -0.25) is 0 Å². The van der Waals surface area contributed by atoms with Crippen LogP contribution in [-0.4, -0.2) is 4.98 Å². The molecule has 2 heterocycles. The molecule has 0 spiro atoms. The third kappa shape index (κ3) is 1.64. The van der Waals surface area contributed by atoms with Gasteiger partial charge in [-0.25, -0.2) is 4.98 Å². The number of fused-ring (bicyclic) bond motifs is 1. The molecule has 0 aliphatic rings. The lowest BCUT2D eigenvalue weighted by Crippen LogP contribution is -1.83. The van der Waals surface area contributed by atoms with Gasteiger partial charge in [0.1, 0.15) is 9.85 Å². The highest BCUT2D eigenvalue weighted by Gasteiger charge is 2.09.